The van der Waals surface area contributed by atoms with Crippen molar-refractivity contribution in [3.63, 3.8) is 0 Å². The molecule has 0 spiro atoms. The number of hydrogen-bond donors (Lipinski definition) is 2. The molecule has 1 heterocycles. The molecule has 146 valence electrons. The molecule has 0 bridgehead atoms. The van der Waals surface area contributed by atoms with Crippen molar-refractivity contribution < 1.29 is 4.39 Å². The van der Waals surface area contributed by atoms with Gasteiger partial charge < -0.3 is 15.2 Å². The molecule has 3 aromatic rings. The minimum atomic E-state index is -0.487. The molecule has 0 fully saturated rings. The predicted octanol–water partition coefficient (Wildman–Crippen LogP) is 4.71. The highest BCUT2D eigenvalue weighted by atomic mass is 35.5. The molecule has 5 nitrogen and oxygen atoms in total. The number of para-hydroxylation sites is 1. The lowest BCUT2D eigenvalue weighted by Gasteiger charge is -2.25. The maximum Gasteiger partial charge on any atom is 0.258 e. The highest BCUT2D eigenvalue weighted by Gasteiger charge is 2.13. The highest BCUT2D eigenvalue weighted by Crippen LogP contribution is 2.20. The summed E-state index contributed by atoms with van der Waals surface area (Å²) in [6.45, 7) is 3.12. The Balaban J connectivity index is 1.82. The SMILES string of the molecule is CCCCN(Cc1nc2ccccc2c(=O)[nH]1)C(=S)Nc1ccc(F)c(Cl)c1. The number of H-pyrrole nitrogens is 1. The molecule has 0 radical (unpaired) electrons. The minimum absolute atomic E-state index is 0.0217. The van der Waals surface area contributed by atoms with E-state index in [0.29, 0.717) is 40.6 Å². The van der Waals surface area contributed by atoms with Gasteiger partial charge in [-0.25, -0.2) is 9.37 Å². The number of aromatic amines is 1. The largest absolute Gasteiger partial charge is 0.342 e. The lowest BCUT2D eigenvalue weighted by molar-refractivity contribution is 0.397. The lowest BCUT2D eigenvalue weighted by atomic mass is 10.2. The van der Waals surface area contributed by atoms with Crippen LogP contribution in [0.3, 0.4) is 0 Å². The Kier molecular flexibility index (Phi) is 6.59. The molecule has 0 saturated carbocycles. The molecule has 2 aromatic carbocycles. The first-order chi connectivity index (χ1) is 13.5. The van der Waals surface area contributed by atoms with E-state index >= 15 is 0 Å². The van der Waals surface area contributed by atoms with Gasteiger partial charge in [-0.2, -0.15) is 0 Å². The molecule has 28 heavy (non-hydrogen) atoms. The van der Waals surface area contributed by atoms with Crippen LogP contribution in [0.1, 0.15) is 25.6 Å². The fraction of sp³-hybridized carbons (Fsp3) is 0.250. The summed E-state index contributed by atoms with van der Waals surface area (Å²) in [4.78, 5) is 21.6. The second-order valence-corrected chi connectivity index (χ2v) is 7.16. The number of halogens is 2. The summed E-state index contributed by atoms with van der Waals surface area (Å²) in [7, 11) is 0. The molecule has 0 unspecified atom stereocenters. The number of unbranched alkanes of at least 4 members (excludes halogenated alkanes) is 1. The average Bonchev–Trinajstić information content (AvgIpc) is 2.68. The summed E-state index contributed by atoms with van der Waals surface area (Å²) >= 11 is 11.4. The summed E-state index contributed by atoms with van der Waals surface area (Å²) < 4.78 is 13.4. The van der Waals surface area contributed by atoms with E-state index in [1.165, 1.54) is 12.1 Å². The summed E-state index contributed by atoms with van der Waals surface area (Å²) in [6, 6.07) is 11.5. The van der Waals surface area contributed by atoms with Crippen molar-refractivity contribution in [2.24, 2.45) is 0 Å². The second kappa shape index (κ2) is 9.12. The van der Waals surface area contributed by atoms with Crippen LogP contribution in [0.4, 0.5) is 10.1 Å². The van der Waals surface area contributed by atoms with Gasteiger partial charge in [0.05, 0.1) is 22.5 Å². The van der Waals surface area contributed by atoms with Gasteiger partial charge in [0.25, 0.3) is 5.56 Å². The minimum Gasteiger partial charge on any atom is -0.342 e. The first-order valence-electron chi connectivity index (χ1n) is 8.97. The van der Waals surface area contributed by atoms with E-state index in [0.717, 1.165) is 12.8 Å². The van der Waals surface area contributed by atoms with Gasteiger partial charge in [-0.3, -0.25) is 4.79 Å². The zero-order chi connectivity index (χ0) is 20.1. The molecule has 0 amide bonds. The van der Waals surface area contributed by atoms with Crippen molar-refractivity contribution in [3.8, 4) is 0 Å². The van der Waals surface area contributed by atoms with E-state index < -0.39 is 5.82 Å². The van der Waals surface area contributed by atoms with E-state index in [-0.39, 0.29) is 10.6 Å². The molecule has 0 aliphatic rings. The number of benzene rings is 2. The Bertz CT molecular complexity index is 1060. The Morgan fingerprint density at radius 3 is 2.86 bits per heavy atom. The van der Waals surface area contributed by atoms with E-state index in [1.54, 1.807) is 18.2 Å². The molecule has 0 aliphatic carbocycles. The van der Waals surface area contributed by atoms with Gasteiger partial charge in [-0.15, -0.1) is 0 Å². The summed E-state index contributed by atoms with van der Waals surface area (Å²) in [6.07, 6.45) is 1.91. The monoisotopic (exact) mass is 418 g/mol. The fourth-order valence-corrected chi connectivity index (χ4v) is 3.22. The quantitative estimate of drug-likeness (QED) is 0.567. The van der Waals surface area contributed by atoms with Crippen molar-refractivity contribution in [3.05, 3.63) is 69.5 Å². The van der Waals surface area contributed by atoms with Crippen molar-refractivity contribution >= 4 is 45.5 Å². The molecule has 3 rings (SSSR count). The molecule has 1 aromatic heterocycles. The summed E-state index contributed by atoms with van der Waals surface area (Å²) in [5.41, 5.74) is 1.05. The summed E-state index contributed by atoms with van der Waals surface area (Å²) in [5, 5.41) is 4.10. The normalized spacial score (nSPS) is 10.8. The van der Waals surface area contributed by atoms with Crippen LogP contribution in [0.15, 0.2) is 47.3 Å². The van der Waals surface area contributed by atoms with Crippen molar-refractivity contribution in [2.45, 2.75) is 26.3 Å². The number of hydrogen-bond acceptors (Lipinski definition) is 3. The van der Waals surface area contributed by atoms with Crippen LogP contribution in [0.2, 0.25) is 5.02 Å². The molecule has 0 atom stereocenters. The van der Waals surface area contributed by atoms with Crippen molar-refractivity contribution in [1.29, 1.82) is 0 Å². The number of nitrogens with one attached hydrogen (secondary N) is 2. The fourth-order valence-electron chi connectivity index (χ4n) is 2.77. The predicted molar refractivity (Wildman–Crippen MR) is 115 cm³/mol. The Hall–Kier alpha value is -2.51. The first kappa shape index (κ1) is 20.2. The van der Waals surface area contributed by atoms with E-state index in [4.69, 9.17) is 23.8 Å². The average molecular weight is 419 g/mol. The van der Waals surface area contributed by atoms with Gasteiger partial charge in [0.2, 0.25) is 0 Å². The number of aromatic nitrogens is 2. The van der Waals surface area contributed by atoms with Crippen LogP contribution >= 0.6 is 23.8 Å². The third-order valence-electron chi connectivity index (χ3n) is 4.24. The zero-order valence-electron chi connectivity index (χ0n) is 15.3. The van der Waals surface area contributed by atoms with Crippen LogP contribution < -0.4 is 10.9 Å². The molecular formula is C20H20ClFN4OS. The maximum absolute atomic E-state index is 13.4. The van der Waals surface area contributed by atoms with Gasteiger partial charge in [0, 0.05) is 12.2 Å². The first-order valence-corrected chi connectivity index (χ1v) is 9.75. The van der Waals surface area contributed by atoms with Crippen molar-refractivity contribution in [2.75, 3.05) is 11.9 Å². The van der Waals surface area contributed by atoms with E-state index in [2.05, 4.69) is 22.2 Å². The van der Waals surface area contributed by atoms with Gasteiger partial charge in [-0.1, -0.05) is 37.1 Å². The number of rotatable bonds is 6. The molecule has 8 heteroatoms. The third kappa shape index (κ3) is 4.85. The second-order valence-electron chi connectivity index (χ2n) is 6.36. The van der Waals surface area contributed by atoms with Crippen LogP contribution in [0, 0.1) is 5.82 Å². The number of thiocarbonyl (C=S) groups is 1. The van der Waals surface area contributed by atoms with Gasteiger partial charge in [0.1, 0.15) is 11.6 Å². The molecule has 0 saturated heterocycles. The zero-order valence-corrected chi connectivity index (χ0v) is 16.9. The Labute approximate surface area is 172 Å². The number of nitrogens with zero attached hydrogens (tertiary/aromatic N) is 2. The maximum atomic E-state index is 13.4. The van der Waals surface area contributed by atoms with Crippen molar-refractivity contribution in [1.82, 2.24) is 14.9 Å². The Morgan fingerprint density at radius 2 is 2.11 bits per heavy atom. The Morgan fingerprint density at radius 1 is 1.32 bits per heavy atom. The van der Waals surface area contributed by atoms with Gasteiger partial charge in [-0.05, 0) is 49.0 Å². The lowest BCUT2D eigenvalue weighted by Crippen LogP contribution is -2.36. The molecular weight excluding hydrogens is 399 g/mol. The van der Waals surface area contributed by atoms with Crippen LogP contribution in [-0.2, 0) is 6.54 Å². The smallest absolute Gasteiger partial charge is 0.258 e. The van der Waals surface area contributed by atoms with Crippen LogP contribution in [-0.4, -0.2) is 26.5 Å². The molecule has 0 aliphatic heterocycles. The van der Waals surface area contributed by atoms with Crippen LogP contribution in [0.25, 0.3) is 10.9 Å². The number of anilines is 1. The standard InChI is InChI=1S/C20H20ClFN4OS/c1-2-3-10-26(20(28)23-13-8-9-16(22)15(21)11-13)12-18-24-17-7-5-4-6-14(17)19(27)25-18/h4-9,11H,2-3,10,12H2,1H3,(H,23,28)(H,24,25,27). The van der Waals surface area contributed by atoms with Crippen LogP contribution in [0.5, 0.6) is 0 Å². The van der Waals surface area contributed by atoms with E-state index in [9.17, 15) is 9.18 Å². The molecule has 2 N–H and O–H groups in total. The third-order valence-corrected chi connectivity index (χ3v) is 4.89. The van der Waals surface area contributed by atoms with Gasteiger partial charge >= 0.3 is 0 Å². The highest BCUT2D eigenvalue weighted by molar-refractivity contribution is 7.80. The van der Waals surface area contributed by atoms with E-state index in [1.807, 2.05) is 17.0 Å². The topological polar surface area (TPSA) is 61.0 Å². The van der Waals surface area contributed by atoms with Gasteiger partial charge in [0.15, 0.2) is 5.11 Å². The summed E-state index contributed by atoms with van der Waals surface area (Å²) in [5.74, 6) is 0.0417. The number of fused-ring (bicyclic) bond motifs is 1.